The maximum Gasteiger partial charge on any atom is 0.414 e. The Labute approximate surface area is 153 Å². The van der Waals surface area contributed by atoms with Crippen LogP contribution in [0.4, 0.5) is 14.9 Å². The van der Waals surface area contributed by atoms with E-state index in [4.69, 9.17) is 4.74 Å². The molecule has 1 amide bonds. The summed E-state index contributed by atoms with van der Waals surface area (Å²) in [6, 6.07) is 16.6. The molecule has 1 atom stereocenters. The number of hydrogen-bond donors (Lipinski definition) is 0. The van der Waals surface area contributed by atoms with Gasteiger partial charge in [-0.1, -0.05) is 30.3 Å². The molecule has 26 heavy (non-hydrogen) atoms. The summed E-state index contributed by atoms with van der Waals surface area (Å²) in [5.74, 6) is 0.313. The standard InChI is InChI=1S/C21H23FN2O2/c22-18-6-8-19(9-7-18)24-15-20(26-21(24)25)14-23-12-10-17(11-13-23)16-4-2-1-3-5-16/h1-9,17,20H,10-15H2. The van der Waals surface area contributed by atoms with Crippen molar-refractivity contribution < 1.29 is 13.9 Å². The van der Waals surface area contributed by atoms with Crippen LogP contribution in [-0.2, 0) is 4.74 Å². The fraction of sp³-hybridized carbons (Fsp3) is 0.381. The van der Waals surface area contributed by atoms with Crippen LogP contribution in [0.3, 0.4) is 0 Å². The number of piperidine rings is 1. The second-order valence-corrected chi connectivity index (χ2v) is 7.08. The highest BCUT2D eigenvalue weighted by Crippen LogP contribution is 2.29. The second kappa shape index (κ2) is 7.46. The summed E-state index contributed by atoms with van der Waals surface area (Å²) in [6.45, 7) is 3.31. The highest BCUT2D eigenvalue weighted by Gasteiger charge is 2.34. The molecular formula is C21H23FN2O2. The van der Waals surface area contributed by atoms with Crippen LogP contribution in [0.25, 0.3) is 0 Å². The molecule has 5 heteroatoms. The third-order valence-corrected chi connectivity index (χ3v) is 5.33. The van der Waals surface area contributed by atoms with Crippen LogP contribution in [0.2, 0.25) is 0 Å². The fourth-order valence-electron chi connectivity index (χ4n) is 3.91. The lowest BCUT2D eigenvalue weighted by Crippen LogP contribution is -2.39. The number of hydrogen-bond acceptors (Lipinski definition) is 3. The van der Waals surface area contributed by atoms with Crippen LogP contribution < -0.4 is 4.90 Å². The Balaban J connectivity index is 1.30. The largest absolute Gasteiger partial charge is 0.443 e. The van der Waals surface area contributed by atoms with Crippen molar-refractivity contribution in [2.45, 2.75) is 24.9 Å². The highest BCUT2D eigenvalue weighted by molar-refractivity contribution is 5.89. The second-order valence-electron chi connectivity index (χ2n) is 7.08. The predicted molar refractivity (Wildman–Crippen MR) is 98.9 cm³/mol. The number of carbonyl (C=O) groups is 1. The maximum atomic E-state index is 13.1. The summed E-state index contributed by atoms with van der Waals surface area (Å²) < 4.78 is 18.6. The van der Waals surface area contributed by atoms with Crippen molar-refractivity contribution in [3.05, 3.63) is 66.0 Å². The van der Waals surface area contributed by atoms with Crippen molar-refractivity contribution >= 4 is 11.8 Å². The van der Waals surface area contributed by atoms with Crippen molar-refractivity contribution in [1.82, 2.24) is 4.90 Å². The molecule has 4 nitrogen and oxygen atoms in total. The number of anilines is 1. The number of amides is 1. The Hall–Kier alpha value is -2.40. The first-order chi connectivity index (χ1) is 12.7. The Morgan fingerprint density at radius 3 is 2.38 bits per heavy atom. The first kappa shape index (κ1) is 17.0. The van der Waals surface area contributed by atoms with E-state index in [1.54, 1.807) is 17.0 Å². The number of ether oxygens (including phenoxy) is 1. The SMILES string of the molecule is O=C1OC(CN2CCC(c3ccccc3)CC2)CN1c1ccc(F)cc1. The minimum atomic E-state index is -0.347. The van der Waals surface area contributed by atoms with Gasteiger partial charge in [0.2, 0.25) is 0 Å². The van der Waals surface area contributed by atoms with Crippen LogP contribution in [-0.4, -0.2) is 43.3 Å². The lowest BCUT2D eigenvalue weighted by molar-refractivity contribution is 0.0976. The van der Waals surface area contributed by atoms with Gasteiger partial charge in [-0.25, -0.2) is 9.18 Å². The van der Waals surface area contributed by atoms with Gasteiger partial charge in [0.1, 0.15) is 11.9 Å². The van der Waals surface area contributed by atoms with Gasteiger partial charge in [0.15, 0.2) is 0 Å². The molecule has 0 saturated carbocycles. The number of carbonyl (C=O) groups excluding carboxylic acids is 1. The minimum Gasteiger partial charge on any atom is -0.443 e. The number of halogens is 1. The van der Waals surface area contributed by atoms with E-state index < -0.39 is 0 Å². The molecular weight excluding hydrogens is 331 g/mol. The van der Waals surface area contributed by atoms with Crippen LogP contribution in [0.1, 0.15) is 24.3 Å². The van der Waals surface area contributed by atoms with E-state index in [9.17, 15) is 9.18 Å². The number of rotatable bonds is 4. The predicted octanol–water partition coefficient (Wildman–Crippen LogP) is 4.03. The van der Waals surface area contributed by atoms with Gasteiger partial charge in [-0.05, 0) is 61.7 Å². The number of likely N-dealkylation sites (tertiary alicyclic amines) is 1. The summed E-state index contributed by atoms with van der Waals surface area (Å²) >= 11 is 0. The van der Waals surface area contributed by atoms with E-state index in [-0.39, 0.29) is 18.0 Å². The quantitative estimate of drug-likeness (QED) is 0.831. The summed E-state index contributed by atoms with van der Waals surface area (Å²) in [7, 11) is 0. The lowest BCUT2D eigenvalue weighted by atomic mass is 9.89. The summed E-state index contributed by atoms with van der Waals surface area (Å²) in [5, 5.41) is 0. The lowest BCUT2D eigenvalue weighted by Gasteiger charge is -2.33. The van der Waals surface area contributed by atoms with Crippen molar-refractivity contribution in [3.63, 3.8) is 0 Å². The number of benzene rings is 2. The molecule has 0 radical (unpaired) electrons. The van der Waals surface area contributed by atoms with E-state index in [1.807, 2.05) is 0 Å². The van der Waals surface area contributed by atoms with Crippen molar-refractivity contribution in [1.29, 1.82) is 0 Å². The molecule has 2 aromatic rings. The van der Waals surface area contributed by atoms with Crippen LogP contribution >= 0.6 is 0 Å². The van der Waals surface area contributed by atoms with Gasteiger partial charge in [-0.2, -0.15) is 0 Å². The average Bonchev–Trinajstić information content (AvgIpc) is 3.04. The van der Waals surface area contributed by atoms with Gasteiger partial charge in [0, 0.05) is 12.2 Å². The molecule has 0 aliphatic carbocycles. The van der Waals surface area contributed by atoms with Gasteiger partial charge >= 0.3 is 6.09 Å². The molecule has 2 heterocycles. The Kier molecular flexibility index (Phi) is 4.89. The van der Waals surface area contributed by atoms with Gasteiger partial charge < -0.3 is 4.74 Å². The van der Waals surface area contributed by atoms with Gasteiger partial charge in [-0.3, -0.25) is 9.80 Å². The molecule has 2 fully saturated rings. The van der Waals surface area contributed by atoms with Crippen LogP contribution in [0.15, 0.2) is 54.6 Å². The zero-order chi connectivity index (χ0) is 17.9. The van der Waals surface area contributed by atoms with Gasteiger partial charge in [0.05, 0.1) is 6.54 Å². The molecule has 2 aromatic carbocycles. The third-order valence-electron chi connectivity index (χ3n) is 5.33. The Bertz CT molecular complexity index is 742. The van der Waals surface area contributed by atoms with Crippen molar-refractivity contribution in [2.75, 3.05) is 31.1 Å². The van der Waals surface area contributed by atoms with Crippen molar-refractivity contribution in [2.24, 2.45) is 0 Å². The van der Waals surface area contributed by atoms with E-state index in [0.717, 1.165) is 32.5 Å². The number of nitrogens with zero attached hydrogens (tertiary/aromatic N) is 2. The molecule has 0 spiro atoms. The molecule has 4 rings (SSSR count). The topological polar surface area (TPSA) is 32.8 Å². The van der Waals surface area contributed by atoms with Gasteiger partial charge in [0.25, 0.3) is 0 Å². The molecule has 0 bridgehead atoms. The molecule has 2 aliphatic heterocycles. The molecule has 0 aromatic heterocycles. The summed E-state index contributed by atoms with van der Waals surface area (Å²) in [6.07, 6.45) is 1.78. The van der Waals surface area contributed by atoms with E-state index in [2.05, 4.69) is 35.2 Å². The normalized spacial score (nSPS) is 21.8. The number of cyclic esters (lactones) is 1. The van der Waals surface area contributed by atoms with Gasteiger partial charge in [-0.15, -0.1) is 0 Å². The van der Waals surface area contributed by atoms with E-state index in [0.29, 0.717) is 18.2 Å². The molecule has 2 aliphatic rings. The Morgan fingerprint density at radius 1 is 1.00 bits per heavy atom. The first-order valence-electron chi connectivity index (χ1n) is 9.20. The highest BCUT2D eigenvalue weighted by atomic mass is 19.1. The van der Waals surface area contributed by atoms with Crippen LogP contribution in [0, 0.1) is 5.82 Å². The maximum absolute atomic E-state index is 13.1. The monoisotopic (exact) mass is 354 g/mol. The summed E-state index contributed by atoms with van der Waals surface area (Å²) in [5.41, 5.74) is 2.10. The smallest absolute Gasteiger partial charge is 0.414 e. The van der Waals surface area contributed by atoms with Crippen molar-refractivity contribution in [3.8, 4) is 0 Å². The van der Waals surface area contributed by atoms with E-state index in [1.165, 1.54) is 17.7 Å². The Morgan fingerprint density at radius 2 is 1.69 bits per heavy atom. The minimum absolute atomic E-state index is 0.138. The molecule has 1 unspecified atom stereocenters. The third kappa shape index (κ3) is 3.73. The first-order valence-corrected chi connectivity index (χ1v) is 9.20. The average molecular weight is 354 g/mol. The fourth-order valence-corrected chi connectivity index (χ4v) is 3.91. The molecule has 0 N–H and O–H groups in total. The van der Waals surface area contributed by atoms with Crippen LogP contribution in [0.5, 0.6) is 0 Å². The van der Waals surface area contributed by atoms with E-state index >= 15 is 0 Å². The molecule has 2 saturated heterocycles. The zero-order valence-electron chi connectivity index (χ0n) is 14.7. The summed E-state index contributed by atoms with van der Waals surface area (Å²) in [4.78, 5) is 16.1. The molecule has 136 valence electrons. The zero-order valence-corrected chi connectivity index (χ0v) is 14.7.